The highest BCUT2D eigenvalue weighted by Crippen LogP contribution is 2.32. The molecule has 16 heavy (non-hydrogen) atoms. The average molecular weight is 254 g/mol. The van der Waals surface area contributed by atoms with Crippen LogP contribution in [0.5, 0.6) is 0 Å². The number of hydrogen-bond acceptors (Lipinski definition) is 2. The third kappa shape index (κ3) is 5.31. The molecule has 0 aliphatic heterocycles. The average Bonchev–Trinajstić information content (AvgIpc) is 2.24. The van der Waals surface area contributed by atoms with Gasteiger partial charge in [-0.25, -0.2) is 0 Å². The molecule has 0 saturated carbocycles. The maximum absolute atomic E-state index is 2.27. The van der Waals surface area contributed by atoms with Crippen molar-refractivity contribution in [2.45, 2.75) is 37.5 Å². The van der Waals surface area contributed by atoms with Crippen molar-refractivity contribution in [3.05, 3.63) is 24.3 Å². The minimum Gasteiger partial charge on any atom is -0.125 e. The second kappa shape index (κ2) is 7.29. The van der Waals surface area contributed by atoms with E-state index in [0.29, 0.717) is 0 Å². The number of hydrogen-bond donors (Lipinski definition) is 0. The summed E-state index contributed by atoms with van der Waals surface area (Å²) >= 11 is 3.97. The summed E-state index contributed by atoms with van der Waals surface area (Å²) in [5, 5.41) is 0. The molecule has 0 atom stereocenters. The van der Waals surface area contributed by atoms with Gasteiger partial charge in [0, 0.05) is 21.3 Å². The highest BCUT2D eigenvalue weighted by Gasteiger charge is 2.05. The van der Waals surface area contributed by atoms with Gasteiger partial charge in [-0.15, -0.1) is 23.5 Å². The summed E-state index contributed by atoms with van der Waals surface area (Å²) in [5.74, 6) is 3.93. The zero-order valence-corrected chi connectivity index (χ0v) is 12.3. The van der Waals surface area contributed by atoms with Crippen LogP contribution in [0.2, 0.25) is 0 Å². The van der Waals surface area contributed by atoms with Gasteiger partial charge < -0.3 is 0 Å². The van der Waals surface area contributed by atoms with Crippen LogP contribution in [-0.2, 0) is 0 Å². The molecule has 0 nitrogen and oxygen atoms in total. The van der Waals surface area contributed by atoms with E-state index in [1.54, 1.807) is 0 Å². The van der Waals surface area contributed by atoms with Crippen molar-refractivity contribution >= 4 is 23.5 Å². The molecule has 0 saturated heterocycles. The summed E-state index contributed by atoms with van der Waals surface area (Å²) in [6, 6.07) is 8.77. The molecule has 0 aromatic heterocycles. The summed E-state index contributed by atoms with van der Waals surface area (Å²) < 4.78 is 0. The molecule has 0 radical (unpaired) electrons. The summed E-state index contributed by atoms with van der Waals surface area (Å²) in [4.78, 5) is 2.89. The fraction of sp³-hybridized carbons (Fsp3) is 0.571. The minimum absolute atomic E-state index is 0.758. The lowest BCUT2D eigenvalue weighted by atomic mass is 10.3. The third-order valence-corrected chi connectivity index (χ3v) is 5.12. The van der Waals surface area contributed by atoms with Crippen LogP contribution in [0, 0.1) is 11.8 Å². The molecule has 90 valence electrons. The molecule has 0 aliphatic rings. The standard InChI is InChI=1S/C14H22S2/c1-11(2)9-15-13-7-5-6-8-14(13)16-10-12(3)4/h5-8,11-12H,9-10H2,1-4H3. The van der Waals surface area contributed by atoms with Gasteiger partial charge in [-0.05, 0) is 24.0 Å². The van der Waals surface area contributed by atoms with Gasteiger partial charge in [-0.3, -0.25) is 0 Å². The van der Waals surface area contributed by atoms with E-state index in [9.17, 15) is 0 Å². The van der Waals surface area contributed by atoms with Crippen molar-refractivity contribution in [1.29, 1.82) is 0 Å². The van der Waals surface area contributed by atoms with Gasteiger partial charge in [0.05, 0.1) is 0 Å². The zero-order chi connectivity index (χ0) is 12.0. The van der Waals surface area contributed by atoms with Crippen molar-refractivity contribution in [1.82, 2.24) is 0 Å². The number of rotatable bonds is 6. The van der Waals surface area contributed by atoms with Crippen molar-refractivity contribution in [3.63, 3.8) is 0 Å². The van der Waals surface area contributed by atoms with Crippen LogP contribution in [0.25, 0.3) is 0 Å². The van der Waals surface area contributed by atoms with Crippen LogP contribution in [-0.4, -0.2) is 11.5 Å². The first-order valence-corrected chi connectivity index (χ1v) is 7.91. The maximum atomic E-state index is 2.27. The second-order valence-corrected chi connectivity index (χ2v) is 6.98. The Kier molecular flexibility index (Phi) is 6.37. The van der Waals surface area contributed by atoms with Gasteiger partial charge in [0.2, 0.25) is 0 Å². The molecule has 0 fully saturated rings. The summed E-state index contributed by atoms with van der Waals surface area (Å²) in [6.45, 7) is 9.10. The summed E-state index contributed by atoms with van der Waals surface area (Å²) in [5.41, 5.74) is 0. The highest BCUT2D eigenvalue weighted by atomic mass is 32.2. The van der Waals surface area contributed by atoms with E-state index in [0.717, 1.165) is 11.8 Å². The van der Waals surface area contributed by atoms with E-state index in [4.69, 9.17) is 0 Å². The Balaban J connectivity index is 2.60. The Hall–Kier alpha value is -0.0800. The van der Waals surface area contributed by atoms with Crippen molar-refractivity contribution in [2.75, 3.05) is 11.5 Å². The van der Waals surface area contributed by atoms with E-state index < -0.39 is 0 Å². The molecule has 2 heteroatoms. The largest absolute Gasteiger partial charge is 0.125 e. The van der Waals surface area contributed by atoms with Gasteiger partial charge in [-0.1, -0.05) is 39.8 Å². The second-order valence-electron chi connectivity index (χ2n) is 4.86. The Morgan fingerprint density at radius 3 is 1.50 bits per heavy atom. The molecule has 0 amide bonds. The monoisotopic (exact) mass is 254 g/mol. The molecule has 1 aromatic rings. The van der Waals surface area contributed by atoms with Gasteiger partial charge in [0.1, 0.15) is 0 Å². The third-order valence-electron chi connectivity index (χ3n) is 1.99. The topological polar surface area (TPSA) is 0 Å². The van der Waals surface area contributed by atoms with Crippen molar-refractivity contribution in [2.24, 2.45) is 11.8 Å². The van der Waals surface area contributed by atoms with Gasteiger partial charge in [-0.2, -0.15) is 0 Å². The van der Waals surface area contributed by atoms with Crippen LogP contribution in [0.4, 0.5) is 0 Å². The summed E-state index contributed by atoms with van der Waals surface area (Å²) in [7, 11) is 0. The SMILES string of the molecule is CC(C)CSc1ccccc1SCC(C)C. The normalized spacial score (nSPS) is 11.4. The fourth-order valence-electron chi connectivity index (χ4n) is 1.20. The Morgan fingerprint density at radius 2 is 1.19 bits per heavy atom. The number of benzene rings is 1. The Labute approximate surface area is 109 Å². The smallest absolute Gasteiger partial charge is 0.0208 e. The highest BCUT2D eigenvalue weighted by molar-refractivity contribution is 8.02. The van der Waals surface area contributed by atoms with Gasteiger partial charge >= 0.3 is 0 Å². The minimum atomic E-state index is 0.758. The first kappa shape index (κ1) is 14.0. The van der Waals surface area contributed by atoms with Crippen LogP contribution >= 0.6 is 23.5 Å². The Bertz CT molecular complexity index is 274. The molecule has 0 N–H and O–H groups in total. The van der Waals surface area contributed by atoms with Gasteiger partial charge in [0.25, 0.3) is 0 Å². The molecule has 1 aromatic carbocycles. The quantitative estimate of drug-likeness (QED) is 0.641. The summed E-state index contributed by atoms with van der Waals surface area (Å²) in [6.07, 6.45) is 0. The van der Waals surface area contributed by atoms with Gasteiger partial charge in [0.15, 0.2) is 0 Å². The molecule has 0 spiro atoms. The zero-order valence-electron chi connectivity index (χ0n) is 10.7. The van der Waals surface area contributed by atoms with Crippen LogP contribution < -0.4 is 0 Å². The first-order chi connectivity index (χ1) is 7.59. The van der Waals surface area contributed by atoms with E-state index in [1.165, 1.54) is 21.3 Å². The van der Waals surface area contributed by atoms with Crippen LogP contribution in [0.1, 0.15) is 27.7 Å². The lowest BCUT2D eigenvalue weighted by Gasteiger charge is -2.11. The van der Waals surface area contributed by atoms with E-state index >= 15 is 0 Å². The van der Waals surface area contributed by atoms with Crippen molar-refractivity contribution in [3.8, 4) is 0 Å². The van der Waals surface area contributed by atoms with Crippen LogP contribution in [0.15, 0.2) is 34.1 Å². The first-order valence-electron chi connectivity index (χ1n) is 5.94. The number of thioether (sulfide) groups is 2. The predicted octanol–water partition coefficient (Wildman–Crippen LogP) is 5.18. The molecular formula is C14H22S2. The lowest BCUT2D eigenvalue weighted by Crippen LogP contribution is -1.93. The van der Waals surface area contributed by atoms with Crippen LogP contribution in [0.3, 0.4) is 0 Å². The van der Waals surface area contributed by atoms with E-state index in [-0.39, 0.29) is 0 Å². The van der Waals surface area contributed by atoms with E-state index in [2.05, 4.69) is 52.0 Å². The molecule has 1 rings (SSSR count). The van der Waals surface area contributed by atoms with E-state index in [1.807, 2.05) is 23.5 Å². The predicted molar refractivity (Wildman–Crippen MR) is 77.6 cm³/mol. The fourth-order valence-corrected chi connectivity index (χ4v) is 3.35. The lowest BCUT2D eigenvalue weighted by molar-refractivity contribution is 0.748. The maximum Gasteiger partial charge on any atom is 0.0208 e. The molecular weight excluding hydrogens is 232 g/mol. The molecule has 0 unspecified atom stereocenters. The van der Waals surface area contributed by atoms with Crippen molar-refractivity contribution < 1.29 is 0 Å². The molecule has 0 aliphatic carbocycles. The Morgan fingerprint density at radius 1 is 0.812 bits per heavy atom. The molecule has 0 bridgehead atoms. The molecule has 0 heterocycles.